The molecule has 0 spiro atoms. The Balaban J connectivity index is 2.19. The molecule has 1 saturated heterocycles. The zero-order valence-corrected chi connectivity index (χ0v) is 22.1. The van der Waals surface area contributed by atoms with Crippen LogP contribution in [0.3, 0.4) is 0 Å². The lowest BCUT2D eigenvalue weighted by Gasteiger charge is -2.46. The van der Waals surface area contributed by atoms with Gasteiger partial charge in [-0.2, -0.15) is 0 Å². The van der Waals surface area contributed by atoms with Crippen LogP contribution in [0.1, 0.15) is 72.4 Å². The van der Waals surface area contributed by atoms with E-state index >= 15 is 0 Å². The van der Waals surface area contributed by atoms with E-state index in [1.54, 1.807) is 0 Å². The maximum Gasteiger partial charge on any atom is 0.238 e. The van der Waals surface area contributed by atoms with E-state index in [0.29, 0.717) is 5.92 Å². The van der Waals surface area contributed by atoms with Gasteiger partial charge in [0.25, 0.3) is 0 Å². The largest absolute Gasteiger partial charge is 0.337 e. The summed E-state index contributed by atoms with van der Waals surface area (Å²) in [5.74, 6) is 0.924. The van der Waals surface area contributed by atoms with E-state index in [1.165, 1.54) is 13.0 Å². The number of likely N-dealkylation sites (tertiary alicyclic amines) is 1. The molecular weight excluding hydrogens is 404 g/mol. The molecule has 2 unspecified atom stereocenters. The molecule has 3 rings (SSSR count). The molecular formula is C30H45N2O+. The number of benzene rings is 2. The van der Waals surface area contributed by atoms with Crippen LogP contribution in [0.4, 0.5) is 0 Å². The molecule has 0 saturated carbocycles. The Morgan fingerprint density at radius 3 is 1.79 bits per heavy atom. The molecule has 0 radical (unpaired) electrons. The molecule has 1 heterocycles. The van der Waals surface area contributed by atoms with Crippen molar-refractivity contribution in [3.63, 3.8) is 0 Å². The lowest BCUT2D eigenvalue weighted by molar-refractivity contribution is -0.944. The summed E-state index contributed by atoms with van der Waals surface area (Å²) in [5, 5.41) is 0. The van der Waals surface area contributed by atoms with Gasteiger partial charge in [0.15, 0.2) is 0 Å². The normalized spacial score (nSPS) is 22.7. The van der Waals surface area contributed by atoms with Gasteiger partial charge in [-0.1, -0.05) is 67.6 Å². The van der Waals surface area contributed by atoms with Crippen LogP contribution in [0.5, 0.6) is 0 Å². The molecule has 33 heavy (non-hydrogen) atoms. The second-order valence-electron chi connectivity index (χ2n) is 11.7. The minimum Gasteiger partial charge on any atom is -0.337 e. The summed E-state index contributed by atoms with van der Waals surface area (Å²) in [5.41, 5.74) is 1.70. The monoisotopic (exact) mass is 449 g/mol. The number of quaternary nitrogens is 1. The minimum atomic E-state index is -0.708. The molecule has 2 aromatic carbocycles. The molecule has 1 aliphatic heterocycles. The van der Waals surface area contributed by atoms with Crippen molar-refractivity contribution in [2.75, 3.05) is 20.1 Å². The van der Waals surface area contributed by atoms with Gasteiger partial charge < -0.3 is 9.38 Å². The third kappa shape index (κ3) is 4.75. The van der Waals surface area contributed by atoms with Crippen molar-refractivity contribution in [2.45, 2.75) is 84.3 Å². The lowest BCUT2D eigenvalue weighted by atomic mass is 9.70. The van der Waals surface area contributed by atoms with Crippen LogP contribution >= 0.6 is 0 Å². The van der Waals surface area contributed by atoms with Crippen molar-refractivity contribution in [1.29, 1.82) is 0 Å². The molecule has 180 valence electrons. The number of amides is 1. The molecule has 3 nitrogen and oxygen atoms in total. The molecule has 1 fully saturated rings. The fraction of sp³-hybridized carbons (Fsp3) is 0.567. The predicted octanol–water partition coefficient (Wildman–Crippen LogP) is 6.27. The molecule has 2 aromatic rings. The van der Waals surface area contributed by atoms with E-state index < -0.39 is 5.41 Å². The van der Waals surface area contributed by atoms with Crippen molar-refractivity contribution >= 4 is 5.91 Å². The molecule has 0 N–H and O–H groups in total. The summed E-state index contributed by atoms with van der Waals surface area (Å²) in [7, 11) is 2.40. The Bertz CT molecular complexity index is 871. The fourth-order valence-electron chi connectivity index (χ4n) is 6.42. The van der Waals surface area contributed by atoms with Crippen LogP contribution in [0.15, 0.2) is 60.7 Å². The number of rotatable bonds is 8. The van der Waals surface area contributed by atoms with Crippen LogP contribution in [0, 0.1) is 5.92 Å². The molecule has 3 heteroatoms. The van der Waals surface area contributed by atoms with Crippen LogP contribution in [-0.2, 0) is 10.2 Å². The minimum absolute atomic E-state index is 0.136. The lowest BCUT2D eigenvalue weighted by Crippen LogP contribution is -2.59. The van der Waals surface area contributed by atoms with Crippen LogP contribution in [0.25, 0.3) is 0 Å². The number of carbonyl (C=O) groups excluding carboxylic acids is 1. The van der Waals surface area contributed by atoms with E-state index in [4.69, 9.17) is 0 Å². The molecule has 0 bridgehead atoms. The van der Waals surface area contributed by atoms with Gasteiger partial charge >= 0.3 is 0 Å². The predicted molar refractivity (Wildman–Crippen MR) is 139 cm³/mol. The smallest absolute Gasteiger partial charge is 0.238 e. The highest BCUT2D eigenvalue weighted by Crippen LogP contribution is 2.43. The number of hydrogen-bond acceptors (Lipinski definition) is 1. The molecule has 1 amide bonds. The summed E-state index contributed by atoms with van der Waals surface area (Å²) < 4.78 is 1.01. The van der Waals surface area contributed by atoms with Crippen molar-refractivity contribution in [3.8, 4) is 0 Å². The Hall–Kier alpha value is -2.13. The summed E-state index contributed by atoms with van der Waals surface area (Å²) in [6, 6.07) is 21.3. The van der Waals surface area contributed by atoms with Crippen molar-refractivity contribution in [2.24, 2.45) is 5.92 Å². The SMILES string of the molecule is CC1CC(C)(C)[N+](C)(CCC(C(=O)N(C(C)C)C(C)C)(c2ccccc2)c2ccccc2)C1. The van der Waals surface area contributed by atoms with E-state index in [0.717, 1.165) is 28.6 Å². The first-order valence-electron chi connectivity index (χ1n) is 12.7. The summed E-state index contributed by atoms with van der Waals surface area (Å²) in [6.07, 6.45) is 2.02. The van der Waals surface area contributed by atoms with Crippen molar-refractivity contribution in [1.82, 2.24) is 4.90 Å². The average molecular weight is 450 g/mol. The van der Waals surface area contributed by atoms with Gasteiger partial charge in [0.2, 0.25) is 5.91 Å². The van der Waals surface area contributed by atoms with Crippen LogP contribution in [0.2, 0.25) is 0 Å². The van der Waals surface area contributed by atoms with E-state index in [9.17, 15) is 4.79 Å². The number of hydrogen-bond donors (Lipinski definition) is 0. The van der Waals surface area contributed by atoms with Gasteiger partial charge in [0, 0.05) is 30.8 Å². The first kappa shape index (κ1) is 25.5. The number of carbonyl (C=O) groups is 1. The Labute approximate surface area is 202 Å². The molecule has 1 aliphatic rings. The van der Waals surface area contributed by atoms with Gasteiger partial charge in [0.05, 0.1) is 25.7 Å². The van der Waals surface area contributed by atoms with Gasteiger partial charge in [-0.15, -0.1) is 0 Å². The maximum atomic E-state index is 14.7. The van der Waals surface area contributed by atoms with E-state index in [2.05, 4.69) is 109 Å². The van der Waals surface area contributed by atoms with Gasteiger partial charge in [-0.05, 0) is 52.7 Å². The van der Waals surface area contributed by atoms with Crippen LogP contribution < -0.4 is 0 Å². The first-order valence-corrected chi connectivity index (χ1v) is 12.7. The summed E-state index contributed by atoms with van der Waals surface area (Å²) in [6.45, 7) is 17.9. The Morgan fingerprint density at radius 2 is 1.42 bits per heavy atom. The van der Waals surface area contributed by atoms with Gasteiger partial charge in [0.1, 0.15) is 5.41 Å². The second kappa shape index (κ2) is 9.62. The fourth-order valence-corrected chi connectivity index (χ4v) is 6.42. The highest BCUT2D eigenvalue weighted by atomic mass is 16.2. The third-order valence-corrected chi connectivity index (χ3v) is 8.25. The van der Waals surface area contributed by atoms with Crippen LogP contribution in [-0.4, -0.2) is 53.0 Å². The van der Waals surface area contributed by atoms with Crippen molar-refractivity contribution < 1.29 is 9.28 Å². The Kier molecular flexibility index (Phi) is 7.43. The molecule has 0 aliphatic carbocycles. The summed E-state index contributed by atoms with van der Waals surface area (Å²) >= 11 is 0. The Morgan fingerprint density at radius 1 is 0.970 bits per heavy atom. The summed E-state index contributed by atoms with van der Waals surface area (Å²) in [4.78, 5) is 16.8. The average Bonchev–Trinajstić information content (AvgIpc) is 2.95. The topological polar surface area (TPSA) is 20.3 Å². The third-order valence-electron chi connectivity index (χ3n) is 8.25. The van der Waals surface area contributed by atoms with Gasteiger partial charge in [-0.3, -0.25) is 4.79 Å². The van der Waals surface area contributed by atoms with E-state index in [1.807, 2.05) is 12.1 Å². The molecule has 0 aromatic heterocycles. The highest BCUT2D eigenvalue weighted by molar-refractivity contribution is 5.92. The zero-order chi connectivity index (χ0) is 24.4. The first-order chi connectivity index (χ1) is 15.4. The molecule has 2 atom stereocenters. The quantitative estimate of drug-likeness (QED) is 0.435. The standard InChI is InChI=1S/C30H45N2O/c1-23(2)31(24(3)4)28(33)30(26-15-11-9-12-16-26,27-17-13-10-14-18-27)19-20-32(8)22-25(5)21-29(32,6)7/h9-18,23-25H,19-22H2,1-8H3/q+1. The van der Waals surface area contributed by atoms with Gasteiger partial charge in [-0.25, -0.2) is 0 Å². The maximum absolute atomic E-state index is 14.7. The second-order valence-corrected chi connectivity index (χ2v) is 11.7. The number of nitrogens with zero attached hydrogens (tertiary/aromatic N) is 2. The zero-order valence-electron chi connectivity index (χ0n) is 22.1. The van der Waals surface area contributed by atoms with Crippen molar-refractivity contribution in [3.05, 3.63) is 71.8 Å². The highest BCUT2D eigenvalue weighted by Gasteiger charge is 2.52. The van der Waals surface area contributed by atoms with E-state index in [-0.39, 0.29) is 23.5 Å².